The lowest BCUT2D eigenvalue weighted by atomic mass is 9.41. The first-order chi connectivity index (χ1) is 16.0. The summed E-state index contributed by atoms with van der Waals surface area (Å²) in [6, 6.07) is 20.2. The topological polar surface area (TPSA) is 66.4 Å². The molecule has 2 heterocycles. The molecular weight excluding hydrogens is 430 g/mol. The number of benzene rings is 2. The van der Waals surface area contributed by atoms with Crippen LogP contribution in [0.25, 0.3) is 0 Å². The monoisotopic (exact) mass is 457 g/mol. The van der Waals surface area contributed by atoms with Gasteiger partial charge in [0.2, 0.25) is 0 Å². The number of carbonyl (C=O) groups is 2. The molecule has 2 aromatic carbocycles. The zero-order chi connectivity index (χ0) is 22.8. The number of carboxylic acid groups (broad SMARTS) is 1. The molecule has 7 rings (SSSR count). The zero-order valence-corrected chi connectivity index (χ0v) is 19.4. The van der Waals surface area contributed by atoms with Crippen molar-refractivity contribution in [1.29, 1.82) is 0 Å². The van der Waals surface area contributed by atoms with Crippen LogP contribution in [-0.4, -0.2) is 29.4 Å². The summed E-state index contributed by atoms with van der Waals surface area (Å²) in [6.45, 7) is 2.38. The molecule has 1 aliphatic heterocycles. The minimum absolute atomic E-state index is 0.0880. The second-order valence-electron chi connectivity index (χ2n) is 9.84. The van der Waals surface area contributed by atoms with Gasteiger partial charge in [0.15, 0.2) is 5.78 Å². The molecule has 2 bridgehead atoms. The molecule has 168 valence electrons. The Bertz CT molecular complexity index is 1250. The fourth-order valence-electron chi connectivity index (χ4n) is 7.36. The predicted octanol–water partition coefficient (Wildman–Crippen LogP) is 4.70. The van der Waals surface area contributed by atoms with Crippen LogP contribution in [0.1, 0.15) is 45.9 Å². The molecule has 3 aliphatic carbocycles. The number of rotatable bonds is 5. The van der Waals surface area contributed by atoms with Crippen LogP contribution >= 0.6 is 11.3 Å². The molecule has 5 unspecified atom stereocenters. The number of carbonyl (C=O) groups excluding carboxylic acids is 1. The van der Waals surface area contributed by atoms with E-state index >= 15 is 0 Å². The van der Waals surface area contributed by atoms with Crippen molar-refractivity contribution in [2.45, 2.75) is 43.6 Å². The van der Waals surface area contributed by atoms with E-state index in [2.05, 4.69) is 35.6 Å². The maximum Gasteiger partial charge on any atom is 0.311 e. The molecule has 0 amide bonds. The van der Waals surface area contributed by atoms with Crippen molar-refractivity contribution in [3.63, 3.8) is 0 Å². The molecule has 3 aromatic rings. The second-order valence-corrected chi connectivity index (χ2v) is 11.0. The van der Waals surface area contributed by atoms with Gasteiger partial charge in [-0.05, 0) is 53.5 Å². The van der Waals surface area contributed by atoms with Crippen LogP contribution in [0.15, 0.2) is 66.0 Å². The Labute approximate surface area is 197 Å². The van der Waals surface area contributed by atoms with Gasteiger partial charge in [-0.25, -0.2) is 0 Å². The highest BCUT2D eigenvalue weighted by Gasteiger charge is 2.72. The largest absolute Gasteiger partial charge is 0.481 e. The molecule has 4 aliphatic rings. The Hall–Kier alpha value is -2.76. The van der Waals surface area contributed by atoms with Crippen LogP contribution in [0.3, 0.4) is 0 Å². The highest BCUT2D eigenvalue weighted by molar-refractivity contribution is 7.10. The SMILES string of the molecule is Cc1sccc1CC(=O)C1NCC2(C(=O)O)C3CCC(c4ccccc4)(c4ccccc43)C12. The van der Waals surface area contributed by atoms with Gasteiger partial charge in [0.1, 0.15) is 0 Å². The number of fused-ring (bicyclic) bond motifs is 1. The molecular formula is C28H27NO3S. The Morgan fingerprint density at radius 1 is 1.09 bits per heavy atom. The number of carboxylic acids is 1. The molecule has 0 radical (unpaired) electrons. The van der Waals surface area contributed by atoms with Crippen molar-refractivity contribution >= 4 is 23.1 Å². The van der Waals surface area contributed by atoms with Gasteiger partial charge in [-0.3, -0.25) is 9.59 Å². The van der Waals surface area contributed by atoms with E-state index in [-0.39, 0.29) is 17.6 Å². The molecule has 2 fully saturated rings. The van der Waals surface area contributed by atoms with Gasteiger partial charge >= 0.3 is 5.97 Å². The van der Waals surface area contributed by atoms with Gasteiger partial charge < -0.3 is 10.4 Å². The highest BCUT2D eigenvalue weighted by atomic mass is 32.1. The number of ketones is 1. The normalized spacial score (nSPS) is 31.7. The Balaban J connectivity index is 1.57. The van der Waals surface area contributed by atoms with Crippen molar-refractivity contribution in [2.24, 2.45) is 11.3 Å². The van der Waals surface area contributed by atoms with Crippen LogP contribution in [0.2, 0.25) is 0 Å². The molecule has 1 aromatic heterocycles. The van der Waals surface area contributed by atoms with E-state index in [1.54, 1.807) is 11.3 Å². The van der Waals surface area contributed by atoms with Gasteiger partial charge in [-0.1, -0.05) is 54.6 Å². The number of Topliss-reactive ketones (excluding diaryl/α,β-unsaturated/α-hetero) is 1. The summed E-state index contributed by atoms with van der Waals surface area (Å²) in [5.74, 6) is -1.09. The third kappa shape index (κ3) is 2.66. The van der Waals surface area contributed by atoms with Gasteiger partial charge in [0, 0.05) is 35.1 Å². The van der Waals surface area contributed by atoms with Crippen molar-refractivity contribution in [2.75, 3.05) is 6.54 Å². The molecule has 5 heteroatoms. The summed E-state index contributed by atoms with van der Waals surface area (Å²) >= 11 is 1.65. The van der Waals surface area contributed by atoms with Gasteiger partial charge in [0.25, 0.3) is 0 Å². The summed E-state index contributed by atoms with van der Waals surface area (Å²) in [5, 5.41) is 16.2. The summed E-state index contributed by atoms with van der Waals surface area (Å²) in [4.78, 5) is 28.1. The minimum atomic E-state index is -0.994. The highest BCUT2D eigenvalue weighted by Crippen LogP contribution is 2.69. The first-order valence-electron chi connectivity index (χ1n) is 11.7. The first-order valence-corrected chi connectivity index (χ1v) is 12.6. The number of nitrogens with one attached hydrogen (secondary N) is 1. The van der Waals surface area contributed by atoms with E-state index in [1.165, 1.54) is 5.56 Å². The summed E-state index contributed by atoms with van der Waals surface area (Å²) in [5.41, 5.74) is 3.04. The molecule has 1 saturated heterocycles. The molecule has 2 N–H and O–H groups in total. The standard InChI is InChI=1S/C28H27NO3S/c1-17-18(12-14-33-17)15-23(30)24-25-27(19-7-3-2-4-8-19)13-11-22(20-9-5-6-10-21(20)27)28(25,16-29-24)26(31)32/h2-10,12,14,22,24-25,29H,11,13,15-16H2,1H3,(H,31,32). The maximum atomic E-state index is 13.8. The fourth-order valence-corrected chi connectivity index (χ4v) is 8.09. The average molecular weight is 458 g/mol. The molecule has 5 atom stereocenters. The average Bonchev–Trinajstić information content (AvgIpc) is 3.45. The van der Waals surface area contributed by atoms with Gasteiger partial charge in [0.05, 0.1) is 11.5 Å². The molecule has 0 spiro atoms. The summed E-state index contributed by atoms with van der Waals surface area (Å²) in [6.07, 6.45) is 2.03. The third-order valence-electron chi connectivity index (χ3n) is 8.66. The van der Waals surface area contributed by atoms with Crippen molar-refractivity contribution < 1.29 is 14.7 Å². The van der Waals surface area contributed by atoms with E-state index in [9.17, 15) is 14.7 Å². The fraction of sp³-hybridized carbons (Fsp3) is 0.357. The third-order valence-corrected chi connectivity index (χ3v) is 9.55. The second kappa shape index (κ2) is 7.37. The lowest BCUT2D eigenvalue weighted by molar-refractivity contribution is -0.158. The number of thiophene rings is 1. The molecule has 4 nitrogen and oxygen atoms in total. The first kappa shape index (κ1) is 20.8. The van der Waals surface area contributed by atoms with Crippen molar-refractivity contribution in [1.82, 2.24) is 5.32 Å². The van der Waals surface area contributed by atoms with Crippen LogP contribution in [0, 0.1) is 18.3 Å². The van der Waals surface area contributed by atoms with E-state index in [1.807, 2.05) is 42.6 Å². The Kier molecular flexibility index (Phi) is 4.65. The molecule has 33 heavy (non-hydrogen) atoms. The van der Waals surface area contributed by atoms with E-state index in [0.717, 1.165) is 34.4 Å². The lowest BCUT2D eigenvalue weighted by Gasteiger charge is -2.60. The van der Waals surface area contributed by atoms with E-state index in [0.29, 0.717) is 13.0 Å². The Morgan fingerprint density at radius 3 is 2.58 bits per heavy atom. The summed E-state index contributed by atoms with van der Waals surface area (Å²) in [7, 11) is 0. The minimum Gasteiger partial charge on any atom is -0.481 e. The van der Waals surface area contributed by atoms with E-state index < -0.39 is 22.8 Å². The number of aliphatic carboxylic acids is 1. The lowest BCUT2D eigenvalue weighted by Crippen LogP contribution is -2.62. The van der Waals surface area contributed by atoms with Crippen LogP contribution in [0.4, 0.5) is 0 Å². The number of hydrogen-bond acceptors (Lipinski definition) is 4. The smallest absolute Gasteiger partial charge is 0.311 e. The van der Waals surface area contributed by atoms with Gasteiger partial charge in [-0.2, -0.15) is 0 Å². The van der Waals surface area contributed by atoms with Gasteiger partial charge in [-0.15, -0.1) is 11.3 Å². The zero-order valence-electron chi connectivity index (χ0n) is 18.6. The maximum absolute atomic E-state index is 13.8. The summed E-state index contributed by atoms with van der Waals surface area (Å²) < 4.78 is 0. The van der Waals surface area contributed by atoms with Crippen LogP contribution in [-0.2, 0) is 21.4 Å². The van der Waals surface area contributed by atoms with Crippen LogP contribution < -0.4 is 5.32 Å². The van der Waals surface area contributed by atoms with Crippen molar-refractivity contribution in [3.8, 4) is 0 Å². The molecule has 1 saturated carbocycles. The quantitative estimate of drug-likeness (QED) is 0.583. The number of aryl methyl sites for hydroxylation is 1. The van der Waals surface area contributed by atoms with Crippen molar-refractivity contribution in [3.05, 3.63) is 93.2 Å². The Morgan fingerprint density at radius 2 is 1.85 bits per heavy atom. The van der Waals surface area contributed by atoms with Crippen LogP contribution in [0.5, 0.6) is 0 Å². The predicted molar refractivity (Wildman–Crippen MR) is 129 cm³/mol. The van der Waals surface area contributed by atoms with E-state index in [4.69, 9.17) is 0 Å². The number of hydrogen-bond donors (Lipinski definition) is 2.